The molecule has 1 amide bonds. The fourth-order valence-electron chi connectivity index (χ4n) is 2.39. The minimum Gasteiger partial charge on any atom is -0.383 e. The first-order chi connectivity index (χ1) is 10.1. The van der Waals surface area contributed by atoms with Crippen LogP contribution in [0.25, 0.3) is 0 Å². The number of anilines is 1. The Morgan fingerprint density at radius 2 is 2.24 bits per heavy atom. The van der Waals surface area contributed by atoms with E-state index < -0.39 is 0 Å². The van der Waals surface area contributed by atoms with E-state index in [1.165, 1.54) is 4.90 Å². The van der Waals surface area contributed by atoms with Crippen molar-refractivity contribution < 1.29 is 9.53 Å². The molecule has 1 aromatic carbocycles. The van der Waals surface area contributed by atoms with E-state index in [0.29, 0.717) is 18.4 Å². The van der Waals surface area contributed by atoms with Gasteiger partial charge in [0.25, 0.3) is 0 Å². The third-order valence-corrected chi connectivity index (χ3v) is 4.86. The van der Waals surface area contributed by atoms with E-state index in [1.807, 2.05) is 46.8 Å². The second kappa shape index (κ2) is 7.82. The Labute approximate surface area is 131 Å². The summed E-state index contributed by atoms with van der Waals surface area (Å²) >= 11 is 1.86. The molecule has 0 saturated heterocycles. The van der Waals surface area contributed by atoms with Crippen LogP contribution in [0.2, 0.25) is 0 Å². The molecule has 0 N–H and O–H groups in total. The van der Waals surface area contributed by atoms with Gasteiger partial charge in [-0.15, -0.1) is 11.8 Å². The van der Waals surface area contributed by atoms with Gasteiger partial charge in [0, 0.05) is 30.3 Å². The fourth-order valence-corrected chi connectivity index (χ4v) is 3.50. The fraction of sp³-hybridized carbons (Fsp3) is 0.562. The first-order valence-corrected chi connectivity index (χ1v) is 8.23. The summed E-state index contributed by atoms with van der Waals surface area (Å²) in [5.74, 6) is 0.163. The van der Waals surface area contributed by atoms with E-state index in [0.717, 1.165) is 25.2 Å². The smallest absolute Gasteiger partial charge is 0.241 e. The van der Waals surface area contributed by atoms with Gasteiger partial charge in [0.15, 0.2) is 0 Å². The van der Waals surface area contributed by atoms with Crippen LogP contribution in [-0.2, 0) is 9.53 Å². The standard InChI is InChI=1S/C16H24N2O2S/c1-13-8-9-18(14-6-4-5-7-15(14)21-13)16(19)12-17(2)10-11-20-3/h4-7,13H,8-12H2,1-3H3/t13-/m0/s1. The van der Waals surface area contributed by atoms with E-state index in [2.05, 4.69) is 13.0 Å². The van der Waals surface area contributed by atoms with Crippen LogP contribution >= 0.6 is 11.8 Å². The van der Waals surface area contributed by atoms with Crippen LogP contribution in [0.15, 0.2) is 29.2 Å². The third-order valence-electron chi connectivity index (χ3n) is 3.63. The molecule has 0 unspecified atom stereocenters. The van der Waals surface area contributed by atoms with Gasteiger partial charge in [0.2, 0.25) is 5.91 Å². The number of benzene rings is 1. The summed E-state index contributed by atoms with van der Waals surface area (Å²) in [5, 5.41) is 0.537. The summed E-state index contributed by atoms with van der Waals surface area (Å²) in [5.41, 5.74) is 1.05. The molecule has 0 aromatic heterocycles. The molecule has 1 heterocycles. The highest BCUT2D eigenvalue weighted by molar-refractivity contribution is 8.00. The Hall–Kier alpha value is -1.04. The molecule has 1 atom stereocenters. The molecule has 0 spiro atoms. The zero-order valence-electron chi connectivity index (χ0n) is 13.0. The summed E-state index contributed by atoms with van der Waals surface area (Å²) in [6.45, 7) is 4.86. The van der Waals surface area contributed by atoms with Crippen LogP contribution in [0.4, 0.5) is 5.69 Å². The number of carbonyl (C=O) groups is 1. The van der Waals surface area contributed by atoms with Crippen molar-refractivity contribution in [3.05, 3.63) is 24.3 Å². The lowest BCUT2D eigenvalue weighted by Gasteiger charge is -2.25. The SMILES string of the molecule is COCCN(C)CC(=O)N1CC[C@H](C)Sc2ccccc21. The molecular formula is C16H24N2O2S. The Kier molecular flexibility index (Phi) is 6.08. The number of hydrogen-bond donors (Lipinski definition) is 0. The Morgan fingerprint density at radius 3 is 3.00 bits per heavy atom. The minimum atomic E-state index is 0.163. The van der Waals surface area contributed by atoms with Gasteiger partial charge in [-0.3, -0.25) is 9.69 Å². The molecule has 0 aliphatic carbocycles. The second-order valence-corrected chi connectivity index (χ2v) is 6.94. The summed E-state index contributed by atoms with van der Waals surface area (Å²) in [4.78, 5) is 17.8. The lowest BCUT2D eigenvalue weighted by molar-refractivity contribution is -0.119. The van der Waals surface area contributed by atoms with Gasteiger partial charge in [-0.1, -0.05) is 19.1 Å². The summed E-state index contributed by atoms with van der Waals surface area (Å²) in [6, 6.07) is 8.20. The van der Waals surface area contributed by atoms with Crippen LogP contribution in [0.5, 0.6) is 0 Å². The number of nitrogens with zero attached hydrogens (tertiary/aromatic N) is 2. The van der Waals surface area contributed by atoms with Gasteiger partial charge in [-0.2, -0.15) is 0 Å². The third kappa shape index (κ3) is 4.46. The van der Waals surface area contributed by atoms with E-state index in [4.69, 9.17) is 4.74 Å². The number of para-hydroxylation sites is 1. The Bertz CT molecular complexity index is 481. The van der Waals surface area contributed by atoms with Crippen molar-refractivity contribution in [2.75, 3.05) is 45.3 Å². The maximum atomic E-state index is 12.6. The average Bonchev–Trinajstić information content (AvgIpc) is 2.63. The van der Waals surface area contributed by atoms with Gasteiger partial charge in [-0.25, -0.2) is 0 Å². The molecule has 0 radical (unpaired) electrons. The van der Waals surface area contributed by atoms with Crippen LogP contribution in [0, 0.1) is 0 Å². The predicted molar refractivity (Wildman–Crippen MR) is 88.1 cm³/mol. The van der Waals surface area contributed by atoms with E-state index >= 15 is 0 Å². The van der Waals surface area contributed by atoms with Crippen molar-refractivity contribution in [2.24, 2.45) is 0 Å². The number of carbonyl (C=O) groups excluding carboxylic acids is 1. The molecule has 5 heteroatoms. The Balaban J connectivity index is 2.09. The van der Waals surface area contributed by atoms with Gasteiger partial charge in [-0.05, 0) is 25.6 Å². The second-order valence-electron chi connectivity index (χ2n) is 5.46. The number of fused-ring (bicyclic) bond motifs is 1. The van der Waals surface area contributed by atoms with Crippen LogP contribution in [0.1, 0.15) is 13.3 Å². The van der Waals surface area contributed by atoms with Gasteiger partial charge >= 0.3 is 0 Å². The average molecular weight is 308 g/mol. The monoisotopic (exact) mass is 308 g/mol. The van der Waals surface area contributed by atoms with Crippen molar-refractivity contribution in [3.63, 3.8) is 0 Å². The zero-order valence-corrected chi connectivity index (χ0v) is 13.9. The molecule has 1 aliphatic heterocycles. The molecule has 1 aliphatic rings. The first kappa shape index (κ1) is 16.3. The van der Waals surface area contributed by atoms with Gasteiger partial charge in [0.05, 0.1) is 18.8 Å². The molecule has 1 aromatic rings. The number of ether oxygens (including phenoxy) is 1. The first-order valence-electron chi connectivity index (χ1n) is 7.35. The summed E-state index contributed by atoms with van der Waals surface area (Å²) in [7, 11) is 3.64. The van der Waals surface area contributed by atoms with E-state index in [1.54, 1.807) is 7.11 Å². The van der Waals surface area contributed by atoms with E-state index in [-0.39, 0.29) is 5.91 Å². The highest BCUT2D eigenvalue weighted by Gasteiger charge is 2.24. The molecule has 2 rings (SSSR count). The van der Waals surface area contributed by atoms with Gasteiger partial charge < -0.3 is 9.64 Å². The topological polar surface area (TPSA) is 32.8 Å². The largest absolute Gasteiger partial charge is 0.383 e. The Morgan fingerprint density at radius 1 is 1.48 bits per heavy atom. The summed E-state index contributed by atoms with van der Waals surface area (Å²) < 4.78 is 5.06. The molecule has 21 heavy (non-hydrogen) atoms. The molecule has 116 valence electrons. The van der Waals surface area contributed by atoms with Crippen molar-refractivity contribution in [2.45, 2.75) is 23.5 Å². The van der Waals surface area contributed by atoms with Crippen molar-refractivity contribution in [1.29, 1.82) is 0 Å². The minimum absolute atomic E-state index is 0.163. The normalized spacial score (nSPS) is 18.5. The zero-order chi connectivity index (χ0) is 15.2. The lowest BCUT2D eigenvalue weighted by atomic mass is 10.2. The maximum Gasteiger partial charge on any atom is 0.241 e. The van der Waals surface area contributed by atoms with E-state index in [9.17, 15) is 4.79 Å². The number of rotatable bonds is 5. The van der Waals surface area contributed by atoms with Crippen LogP contribution in [-0.4, -0.2) is 56.5 Å². The van der Waals surface area contributed by atoms with Crippen molar-refractivity contribution in [3.8, 4) is 0 Å². The number of methoxy groups -OCH3 is 1. The van der Waals surface area contributed by atoms with Crippen LogP contribution in [0.3, 0.4) is 0 Å². The lowest BCUT2D eigenvalue weighted by Crippen LogP contribution is -2.40. The molecule has 0 fully saturated rings. The maximum absolute atomic E-state index is 12.6. The highest BCUT2D eigenvalue weighted by atomic mass is 32.2. The molecular weight excluding hydrogens is 284 g/mol. The summed E-state index contributed by atoms with van der Waals surface area (Å²) in [6.07, 6.45) is 1.02. The van der Waals surface area contributed by atoms with Crippen molar-refractivity contribution in [1.82, 2.24) is 4.90 Å². The van der Waals surface area contributed by atoms with Crippen LogP contribution < -0.4 is 4.90 Å². The number of hydrogen-bond acceptors (Lipinski definition) is 4. The highest BCUT2D eigenvalue weighted by Crippen LogP contribution is 2.37. The predicted octanol–water partition coefficient (Wildman–Crippen LogP) is 2.48. The number of amides is 1. The molecule has 0 bridgehead atoms. The quantitative estimate of drug-likeness (QED) is 0.836. The molecule has 4 nitrogen and oxygen atoms in total. The number of thioether (sulfide) groups is 1. The number of likely N-dealkylation sites (N-methyl/N-ethyl adjacent to an activating group) is 1. The van der Waals surface area contributed by atoms with Crippen molar-refractivity contribution >= 4 is 23.4 Å². The molecule has 0 saturated carbocycles. The van der Waals surface area contributed by atoms with Gasteiger partial charge in [0.1, 0.15) is 0 Å².